The van der Waals surface area contributed by atoms with Crippen molar-refractivity contribution in [2.45, 2.75) is 33.0 Å². The van der Waals surface area contributed by atoms with Crippen molar-refractivity contribution in [2.24, 2.45) is 0 Å². The molecule has 0 radical (unpaired) electrons. The highest BCUT2D eigenvalue weighted by Crippen LogP contribution is 2.24. The van der Waals surface area contributed by atoms with E-state index in [9.17, 15) is 4.79 Å². The van der Waals surface area contributed by atoms with E-state index in [-0.39, 0.29) is 18.6 Å². The second-order valence-electron chi connectivity index (χ2n) is 6.54. The van der Waals surface area contributed by atoms with Gasteiger partial charge in [0, 0.05) is 28.9 Å². The van der Waals surface area contributed by atoms with Crippen molar-refractivity contribution < 1.29 is 14.3 Å². The molecule has 6 nitrogen and oxygen atoms in total. The van der Waals surface area contributed by atoms with E-state index < -0.39 is 0 Å². The molecular formula is C22H24ClN3O3. The Kier molecular flexibility index (Phi) is 6.77. The predicted molar refractivity (Wildman–Crippen MR) is 113 cm³/mol. The quantitative estimate of drug-likeness (QED) is 0.584. The van der Waals surface area contributed by atoms with Gasteiger partial charge in [0.2, 0.25) is 0 Å². The van der Waals surface area contributed by atoms with Crippen LogP contribution in [0.3, 0.4) is 0 Å². The van der Waals surface area contributed by atoms with Gasteiger partial charge in [-0.05, 0) is 62.4 Å². The lowest BCUT2D eigenvalue weighted by atomic mass is 10.1. The molecule has 0 spiro atoms. The zero-order chi connectivity index (χ0) is 20.8. The minimum Gasteiger partial charge on any atom is -0.496 e. The Morgan fingerprint density at radius 1 is 1.21 bits per heavy atom. The first kappa shape index (κ1) is 20.7. The lowest BCUT2D eigenvalue weighted by molar-refractivity contribution is 0.0938. The molecule has 29 heavy (non-hydrogen) atoms. The summed E-state index contributed by atoms with van der Waals surface area (Å²) >= 11 is 5.90. The van der Waals surface area contributed by atoms with E-state index in [1.807, 2.05) is 24.6 Å². The Labute approximate surface area is 175 Å². The normalized spacial score (nSPS) is 11.7. The van der Waals surface area contributed by atoms with Crippen LogP contribution in [-0.2, 0) is 13.2 Å². The maximum Gasteiger partial charge on any atom is 0.251 e. The molecule has 152 valence electrons. The van der Waals surface area contributed by atoms with Crippen molar-refractivity contribution in [3.05, 3.63) is 76.6 Å². The lowest BCUT2D eigenvalue weighted by Crippen LogP contribution is -2.28. The topological polar surface area (TPSA) is 65.4 Å². The molecule has 0 saturated heterocycles. The number of hydrogen-bond donors (Lipinski definition) is 1. The van der Waals surface area contributed by atoms with Gasteiger partial charge in [0.15, 0.2) is 0 Å². The molecule has 1 unspecified atom stereocenters. The van der Waals surface area contributed by atoms with Gasteiger partial charge in [-0.2, -0.15) is 5.10 Å². The maximum atomic E-state index is 12.8. The highest BCUT2D eigenvalue weighted by molar-refractivity contribution is 6.30. The molecule has 0 bridgehead atoms. The fourth-order valence-corrected chi connectivity index (χ4v) is 3.18. The van der Waals surface area contributed by atoms with Crippen molar-refractivity contribution in [1.29, 1.82) is 0 Å². The summed E-state index contributed by atoms with van der Waals surface area (Å²) in [5.41, 5.74) is 2.27. The fourth-order valence-electron chi connectivity index (χ4n) is 3.05. The van der Waals surface area contributed by atoms with E-state index in [1.54, 1.807) is 55.8 Å². The molecule has 0 saturated carbocycles. The van der Waals surface area contributed by atoms with E-state index >= 15 is 0 Å². The molecule has 1 amide bonds. The third-order valence-corrected chi connectivity index (χ3v) is 4.84. The van der Waals surface area contributed by atoms with Crippen LogP contribution in [0.4, 0.5) is 0 Å². The molecule has 7 heteroatoms. The summed E-state index contributed by atoms with van der Waals surface area (Å²) in [6.07, 6.45) is 1.74. The minimum absolute atomic E-state index is 0.166. The number of carbonyl (C=O) groups excluding carboxylic acids is 1. The highest BCUT2D eigenvalue weighted by atomic mass is 35.5. The van der Waals surface area contributed by atoms with Gasteiger partial charge in [-0.25, -0.2) is 0 Å². The van der Waals surface area contributed by atoms with Crippen molar-refractivity contribution in [3.8, 4) is 11.5 Å². The first-order chi connectivity index (χ1) is 14.0. The van der Waals surface area contributed by atoms with Crippen molar-refractivity contribution in [3.63, 3.8) is 0 Å². The largest absolute Gasteiger partial charge is 0.496 e. The van der Waals surface area contributed by atoms with Crippen molar-refractivity contribution in [2.75, 3.05) is 7.11 Å². The van der Waals surface area contributed by atoms with E-state index in [4.69, 9.17) is 21.1 Å². The average molecular weight is 414 g/mol. The number of nitrogens with zero attached hydrogens (tertiary/aromatic N) is 2. The molecule has 1 atom stereocenters. The molecule has 3 aromatic rings. The Bertz CT molecular complexity index is 970. The van der Waals surface area contributed by atoms with Gasteiger partial charge in [0.05, 0.1) is 18.8 Å². The number of ether oxygens (including phenoxy) is 2. The number of halogens is 1. The standard InChI is InChI=1S/C22H24ClN3O3/c1-4-26-20(11-12-24-26)15(2)25-22(27)16-5-10-21(28-3)17(13-16)14-29-19-8-6-18(23)7-9-19/h5-13,15H,4,14H2,1-3H3,(H,25,27). The average Bonchev–Trinajstić information content (AvgIpc) is 3.22. The molecule has 3 rings (SSSR count). The van der Waals surface area contributed by atoms with Gasteiger partial charge in [-0.1, -0.05) is 11.6 Å². The Morgan fingerprint density at radius 3 is 2.66 bits per heavy atom. The summed E-state index contributed by atoms with van der Waals surface area (Å²) in [5, 5.41) is 7.92. The highest BCUT2D eigenvalue weighted by Gasteiger charge is 2.16. The minimum atomic E-state index is -0.170. The monoisotopic (exact) mass is 413 g/mol. The van der Waals surface area contributed by atoms with Crippen LogP contribution in [0.5, 0.6) is 11.5 Å². The molecule has 0 aliphatic carbocycles. The fraction of sp³-hybridized carbons (Fsp3) is 0.273. The van der Waals surface area contributed by atoms with Gasteiger partial charge in [0.1, 0.15) is 18.1 Å². The second kappa shape index (κ2) is 9.47. The van der Waals surface area contributed by atoms with E-state index in [0.29, 0.717) is 22.1 Å². The van der Waals surface area contributed by atoms with E-state index in [1.165, 1.54) is 0 Å². The molecular weight excluding hydrogens is 390 g/mol. The number of hydrogen-bond acceptors (Lipinski definition) is 4. The molecule has 0 aliphatic rings. The van der Waals surface area contributed by atoms with E-state index in [2.05, 4.69) is 10.4 Å². The van der Waals surface area contributed by atoms with Crippen LogP contribution < -0.4 is 14.8 Å². The first-order valence-corrected chi connectivity index (χ1v) is 9.77. The SMILES string of the molecule is CCn1nccc1C(C)NC(=O)c1ccc(OC)c(COc2ccc(Cl)cc2)c1. The van der Waals surface area contributed by atoms with Crippen molar-refractivity contribution in [1.82, 2.24) is 15.1 Å². The summed E-state index contributed by atoms with van der Waals surface area (Å²) in [4.78, 5) is 12.8. The Balaban J connectivity index is 1.73. The van der Waals surface area contributed by atoms with Crippen LogP contribution in [0.25, 0.3) is 0 Å². The molecule has 1 aromatic heterocycles. The number of amides is 1. The molecule has 2 aromatic carbocycles. The maximum absolute atomic E-state index is 12.8. The van der Waals surface area contributed by atoms with Crippen LogP contribution in [0, 0.1) is 0 Å². The smallest absolute Gasteiger partial charge is 0.251 e. The van der Waals surface area contributed by atoms with Crippen LogP contribution in [-0.4, -0.2) is 22.8 Å². The predicted octanol–water partition coefficient (Wildman–Crippen LogP) is 4.64. The number of rotatable bonds is 8. The van der Waals surface area contributed by atoms with Crippen LogP contribution in [0.2, 0.25) is 5.02 Å². The molecule has 1 heterocycles. The number of benzene rings is 2. The second-order valence-corrected chi connectivity index (χ2v) is 6.97. The summed E-state index contributed by atoms with van der Waals surface area (Å²) in [7, 11) is 1.59. The van der Waals surface area contributed by atoms with Gasteiger partial charge in [0.25, 0.3) is 5.91 Å². The number of carbonyl (C=O) groups is 1. The van der Waals surface area contributed by atoms with Gasteiger partial charge in [-0.3, -0.25) is 9.48 Å². The molecule has 1 N–H and O–H groups in total. The van der Waals surface area contributed by atoms with Gasteiger partial charge >= 0.3 is 0 Å². The van der Waals surface area contributed by atoms with Gasteiger partial charge in [-0.15, -0.1) is 0 Å². The Morgan fingerprint density at radius 2 is 1.97 bits per heavy atom. The number of aromatic nitrogens is 2. The zero-order valence-electron chi connectivity index (χ0n) is 16.7. The number of aryl methyl sites for hydroxylation is 1. The Hall–Kier alpha value is -2.99. The summed E-state index contributed by atoms with van der Waals surface area (Å²) in [6, 6.07) is 14.2. The summed E-state index contributed by atoms with van der Waals surface area (Å²) in [6.45, 7) is 4.97. The molecule has 0 aliphatic heterocycles. The first-order valence-electron chi connectivity index (χ1n) is 9.39. The van der Waals surface area contributed by atoms with Gasteiger partial charge < -0.3 is 14.8 Å². The lowest BCUT2D eigenvalue weighted by Gasteiger charge is -2.16. The van der Waals surface area contributed by atoms with Crippen molar-refractivity contribution >= 4 is 17.5 Å². The van der Waals surface area contributed by atoms with Crippen LogP contribution >= 0.6 is 11.6 Å². The van der Waals surface area contributed by atoms with Crippen LogP contribution in [0.15, 0.2) is 54.7 Å². The van der Waals surface area contributed by atoms with E-state index in [0.717, 1.165) is 17.8 Å². The summed E-state index contributed by atoms with van der Waals surface area (Å²) < 4.78 is 13.1. The number of methoxy groups -OCH3 is 1. The summed E-state index contributed by atoms with van der Waals surface area (Å²) in [5.74, 6) is 1.18. The third-order valence-electron chi connectivity index (χ3n) is 4.59. The molecule has 0 fully saturated rings. The number of nitrogens with one attached hydrogen (secondary N) is 1. The zero-order valence-corrected chi connectivity index (χ0v) is 17.4. The van der Waals surface area contributed by atoms with Crippen LogP contribution in [0.1, 0.15) is 41.5 Å². The third kappa shape index (κ3) is 5.09.